The van der Waals surface area contributed by atoms with Crippen molar-refractivity contribution >= 4 is 29.7 Å². The average molecular weight is 410 g/mol. The Balaban J connectivity index is 0.00000300. The fourth-order valence-electron chi connectivity index (χ4n) is 2.75. The summed E-state index contributed by atoms with van der Waals surface area (Å²) in [4.78, 5) is 0. The second-order valence-corrected chi connectivity index (χ2v) is 7.75. The third-order valence-corrected chi connectivity index (χ3v) is 4.39. The summed E-state index contributed by atoms with van der Waals surface area (Å²) < 4.78 is 5.79. The predicted molar refractivity (Wildman–Crippen MR) is 125 cm³/mol. The Morgan fingerprint density at radius 1 is 0.793 bits per heavy atom. The van der Waals surface area contributed by atoms with Crippen molar-refractivity contribution in [2.24, 2.45) is 0 Å². The van der Waals surface area contributed by atoms with Crippen LogP contribution in [0.1, 0.15) is 31.9 Å². The van der Waals surface area contributed by atoms with E-state index in [1.165, 1.54) is 5.56 Å². The molecule has 5 heteroatoms. The Kier molecular flexibility index (Phi) is 7.68. The van der Waals surface area contributed by atoms with Gasteiger partial charge in [-0.15, -0.1) is 12.4 Å². The number of halogens is 1. The van der Waals surface area contributed by atoms with Crippen LogP contribution in [0.3, 0.4) is 0 Å². The van der Waals surface area contributed by atoms with Crippen LogP contribution in [0.2, 0.25) is 0 Å². The molecule has 0 aromatic heterocycles. The summed E-state index contributed by atoms with van der Waals surface area (Å²) in [6.07, 6.45) is 0. The van der Waals surface area contributed by atoms with Gasteiger partial charge in [-0.05, 0) is 52.9 Å². The second-order valence-electron chi connectivity index (χ2n) is 7.75. The first-order chi connectivity index (χ1) is 13.4. The summed E-state index contributed by atoms with van der Waals surface area (Å²) in [6, 6.07) is 25.9. The van der Waals surface area contributed by atoms with E-state index in [4.69, 9.17) is 10.1 Å². The monoisotopic (exact) mass is 409 g/mol. The van der Waals surface area contributed by atoms with Gasteiger partial charge >= 0.3 is 0 Å². The number of ether oxygens (including phenoxy) is 1. The lowest BCUT2D eigenvalue weighted by Crippen LogP contribution is -2.20. The molecule has 0 aliphatic heterocycles. The zero-order valence-corrected chi connectivity index (χ0v) is 17.8. The van der Waals surface area contributed by atoms with Gasteiger partial charge in [0.2, 0.25) is 0 Å². The van der Waals surface area contributed by atoms with Crippen molar-refractivity contribution in [3.63, 3.8) is 0 Å². The van der Waals surface area contributed by atoms with Crippen molar-refractivity contribution in [1.82, 2.24) is 0 Å². The molecule has 3 aromatic carbocycles. The van der Waals surface area contributed by atoms with Gasteiger partial charge in [0.15, 0.2) is 5.96 Å². The summed E-state index contributed by atoms with van der Waals surface area (Å²) in [5, 5.41) is 14.3. The van der Waals surface area contributed by atoms with Crippen molar-refractivity contribution in [2.45, 2.75) is 32.8 Å². The molecular formula is C24H28ClN3O. The third-order valence-electron chi connectivity index (χ3n) is 4.39. The largest absolute Gasteiger partial charge is 0.489 e. The zero-order valence-electron chi connectivity index (χ0n) is 17.0. The molecular weight excluding hydrogens is 382 g/mol. The zero-order chi connectivity index (χ0) is 20.0. The average Bonchev–Trinajstić information content (AvgIpc) is 2.68. The van der Waals surface area contributed by atoms with Gasteiger partial charge in [0.1, 0.15) is 12.4 Å². The van der Waals surface area contributed by atoms with Crippen molar-refractivity contribution in [1.29, 1.82) is 5.41 Å². The first kappa shape index (κ1) is 22.3. The molecule has 0 spiro atoms. The van der Waals surface area contributed by atoms with E-state index in [-0.39, 0.29) is 23.8 Å². The van der Waals surface area contributed by atoms with E-state index in [0.717, 1.165) is 22.7 Å². The number of hydrogen-bond acceptors (Lipinski definition) is 2. The van der Waals surface area contributed by atoms with Gasteiger partial charge in [-0.2, -0.15) is 0 Å². The molecule has 0 unspecified atom stereocenters. The Morgan fingerprint density at radius 3 is 1.83 bits per heavy atom. The molecule has 3 N–H and O–H groups in total. The van der Waals surface area contributed by atoms with Crippen molar-refractivity contribution < 1.29 is 4.74 Å². The number of nitrogens with one attached hydrogen (secondary N) is 3. The number of hydrogen-bond donors (Lipinski definition) is 3. The van der Waals surface area contributed by atoms with E-state index < -0.39 is 0 Å². The molecule has 0 bridgehead atoms. The highest BCUT2D eigenvalue weighted by atomic mass is 35.5. The Hall–Kier alpha value is -2.98. The SMILES string of the molecule is CC(C)(C)c1ccc(NC(=N)Nc2ccc(OCc3ccccc3)cc2)cc1.Cl. The van der Waals surface area contributed by atoms with E-state index in [1.807, 2.05) is 66.7 Å². The van der Waals surface area contributed by atoms with Gasteiger partial charge in [0.05, 0.1) is 0 Å². The van der Waals surface area contributed by atoms with E-state index in [9.17, 15) is 0 Å². The minimum Gasteiger partial charge on any atom is -0.489 e. The minimum atomic E-state index is 0. The quantitative estimate of drug-likeness (QED) is 0.335. The van der Waals surface area contributed by atoms with Crippen LogP contribution in [-0.2, 0) is 12.0 Å². The standard InChI is InChI=1S/C24H27N3O.ClH/c1-24(2,3)19-9-11-20(12-10-19)26-23(25)27-21-13-15-22(16-14-21)28-17-18-7-5-4-6-8-18;/h4-16H,17H2,1-3H3,(H3,25,26,27);1H. The van der Waals surface area contributed by atoms with Crippen LogP contribution in [0.25, 0.3) is 0 Å². The van der Waals surface area contributed by atoms with Gasteiger partial charge in [-0.3, -0.25) is 5.41 Å². The Bertz CT molecular complexity index is 902. The summed E-state index contributed by atoms with van der Waals surface area (Å²) >= 11 is 0. The maximum Gasteiger partial charge on any atom is 0.197 e. The molecule has 0 saturated carbocycles. The number of anilines is 2. The molecule has 3 rings (SSSR count). The number of rotatable bonds is 5. The summed E-state index contributed by atoms with van der Waals surface area (Å²) in [5.41, 5.74) is 4.23. The van der Waals surface area contributed by atoms with Gasteiger partial charge < -0.3 is 15.4 Å². The normalized spacial score (nSPS) is 10.6. The maximum atomic E-state index is 8.13. The van der Waals surface area contributed by atoms with Crippen LogP contribution in [0.15, 0.2) is 78.9 Å². The summed E-state index contributed by atoms with van der Waals surface area (Å²) in [7, 11) is 0. The Labute approximate surface area is 179 Å². The molecule has 0 radical (unpaired) electrons. The van der Waals surface area contributed by atoms with Crippen LogP contribution in [-0.4, -0.2) is 5.96 Å². The van der Waals surface area contributed by atoms with Gasteiger partial charge in [-0.25, -0.2) is 0 Å². The first-order valence-corrected chi connectivity index (χ1v) is 9.40. The van der Waals surface area contributed by atoms with Crippen molar-refractivity contribution in [3.8, 4) is 5.75 Å². The molecule has 29 heavy (non-hydrogen) atoms. The third kappa shape index (κ3) is 6.84. The smallest absolute Gasteiger partial charge is 0.197 e. The lowest BCUT2D eigenvalue weighted by atomic mass is 9.87. The number of guanidine groups is 1. The molecule has 0 saturated heterocycles. The van der Waals surface area contributed by atoms with Crippen LogP contribution in [0, 0.1) is 5.41 Å². The lowest BCUT2D eigenvalue weighted by Gasteiger charge is -2.19. The lowest BCUT2D eigenvalue weighted by molar-refractivity contribution is 0.306. The van der Waals surface area contributed by atoms with Gasteiger partial charge in [0, 0.05) is 11.4 Å². The first-order valence-electron chi connectivity index (χ1n) is 9.40. The van der Waals surface area contributed by atoms with Gasteiger partial charge in [-0.1, -0.05) is 63.2 Å². The minimum absolute atomic E-state index is 0. The van der Waals surface area contributed by atoms with E-state index in [1.54, 1.807) is 0 Å². The molecule has 3 aromatic rings. The molecule has 0 aliphatic rings. The topological polar surface area (TPSA) is 57.1 Å². The fourth-order valence-corrected chi connectivity index (χ4v) is 2.75. The van der Waals surface area contributed by atoms with E-state index in [0.29, 0.717) is 6.61 Å². The van der Waals surface area contributed by atoms with Crippen LogP contribution in [0.4, 0.5) is 11.4 Å². The highest BCUT2D eigenvalue weighted by Crippen LogP contribution is 2.23. The summed E-state index contributed by atoms with van der Waals surface area (Å²) in [5.74, 6) is 1.02. The molecule has 0 heterocycles. The Morgan fingerprint density at radius 2 is 1.31 bits per heavy atom. The molecule has 0 fully saturated rings. The summed E-state index contributed by atoms with van der Waals surface area (Å²) in [6.45, 7) is 7.10. The highest BCUT2D eigenvalue weighted by molar-refractivity contribution is 6.01. The maximum absolute atomic E-state index is 8.13. The van der Waals surface area contributed by atoms with Crippen LogP contribution >= 0.6 is 12.4 Å². The van der Waals surface area contributed by atoms with Crippen molar-refractivity contribution in [3.05, 3.63) is 90.0 Å². The van der Waals surface area contributed by atoms with Gasteiger partial charge in [0.25, 0.3) is 0 Å². The fraction of sp³-hybridized carbons (Fsp3) is 0.208. The molecule has 0 aliphatic carbocycles. The molecule has 0 atom stereocenters. The van der Waals surface area contributed by atoms with Crippen LogP contribution in [0.5, 0.6) is 5.75 Å². The molecule has 152 valence electrons. The molecule has 4 nitrogen and oxygen atoms in total. The van der Waals surface area contributed by atoms with E-state index in [2.05, 4.69) is 43.5 Å². The number of benzene rings is 3. The highest BCUT2D eigenvalue weighted by Gasteiger charge is 2.12. The second kappa shape index (κ2) is 9.99. The van der Waals surface area contributed by atoms with E-state index >= 15 is 0 Å². The molecule has 0 amide bonds. The van der Waals surface area contributed by atoms with Crippen LogP contribution < -0.4 is 15.4 Å². The van der Waals surface area contributed by atoms with Crippen molar-refractivity contribution in [2.75, 3.05) is 10.6 Å². The predicted octanol–water partition coefficient (Wildman–Crippen LogP) is 6.44.